The van der Waals surface area contributed by atoms with E-state index < -0.39 is 0 Å². The lowest BCUT2D eigenvalue weighted by atomic mass is 10.1. The van der Waals surface area contributed by atoms with Crippen molar-refractivity contribution in [2.24, 2.45) is 0 Å². The van der Waals surface area contributed by atoms with Crippen LogP contribution in [-0.2, 0) is 11.2 Å². The van der Waals surface area contributed by atoms with Crippen LogP contribution in [-0.4, -0.2) is 23.2 Å². The Balaban J connectivity index is 3.05. The number of rotatable bonds is 5. The van der Waals surface area contributed by atoms with Gasteiger partial charge in [0.2, 0.25) is 0 Å². The molecule has 94 valence electrons. The molecular formula is C12H14Br2O3. The largest absolute Gasteiger partial charge is 0.493 e. The van der Waals surface area contributed by atoms with Gasteiger partial charge < -0.3 is 9.47 Å². The highest BCUT2D eigenvalue weighted by atomic mass is 79.9. The maximum absolute atomic E-state index is 11.1. The molecule has 0 saturated heterocycles. The smallest absolute Gasteiger partial charge is 0.308 e. The number of ether oxygens (including phenoxy) is 2. The molecule has 0 aliphatic carbocycles. The average molecular weight is 366 g/mol. The number of carbonyl (C=O) groups excluding carboxylic acids is 1. The second kappa shape index (κ2) is 7.01. The van der Waals surface area contributed by atoms with Crippen LogP contribution >= 0.6 is 31.9 Å². The van der Waals surface area contributed by atoms with Gasteiger partial charge in [0.25, 0.3) is 0 Å². The first-order valence-corrected chi connectivity index (χ1v) is 7.16. The Labute approximate surface area is 118 Å². The molecule has 0 saturated carbocycles. The summed E-state index contributed by atoms with van der Waals surface area (Å²) in [5.74, 6) is 0.737. The van der Waals surface area contributed by atoms with E-state index in [1.165, 1.54) is 6.92 Å². The van der Waals surface area contributed by atoms with Gasteiger partial charge in [0, 0.05) is 17.1 Å². The molecule has 3 nitrogen and oxygen atoms in total. The van der Waals surface area contributed by atoms with Crippen molar-refractivity contribution in [2.75, 3.05) is 12.4 Å². The van der Waals surface area contributed by atoms with Gasteiger partial charge in [-0.3, -0.25) is 4.79 Å². The fourth-order valence-corrected chi connectivity index (χ4v) is 2.01. The van der Waals surface area contributed by atoms with E-state index in [4.69, 9.17) is 9.47 Å². The predicted octanol–water partition coefficient (Wildman–Crippen LogP) is 3.32. The molecule has 0 fully saturated rings. The molecule has 17 heavy (non-hydrogen) atoms. The van der Waals surface area contributed by atoms with Gasteiger partial charge >= 0.3 is 5.97 Å². The molecule has 0 aliphatic rings. The maximum atomic E-state index is 11.1. The van der Waals surface area contributed by atoms with E-state index in [0.29, 0.717) is 11.5 Å². The lowest BCUT2D eigenvalue weighted by molar-refractivity contribution is -0.132. The van der Waals surface area contributed by atoms with E-state index in [-0.39, 0.29) is 10.8 Å². The monoisotopic (exact) mass is 364 g/mol. The van der Waals surface area contributed by atoms with Gasteiger partial charge in [-0.05, 0) is 18.1 Å². The molecule has 0 heterocycles. The third-order valence-corrected chi connectivity index (χ3v) is 4.43. The van der Waals surface area contributed by atoms with Crippen LogP contribution < -0.4 is 9.47 Å². The minimum atomic E-state index is -0.347. The zero-order valence-corrected chi connectivity index (χ0v) is 12.9. The Kier molecular flexibility index (Phi) is 5.98. The molecule has 0 unspecified atom stereocenters. The van der Waals surface area contributed by atoms with Gasteiger partial charge in [-0.1, -0.05) is 44.0 Å². The lowest BCUT2D eigenvalue weighted by Gasteiger charge is -2.14. The van der Waals surface area contributed by atoms with E-state index in [0.717, 1.165) is 17.3 Å². The Morgan fingerprint density at radius 3 is 2.71 bits per heavy atom. The first kappa shape index (κ1) is 14.5. The van der Waals surface area contributed by atoms with E-state index in [1.807, 2.05) is 12.1 Å². The summed E-state index contributed by atoms with van der Waals surface area (Å²) in [6, 6.07) is 5.59. The van der Waals surface area contributed by atoms with Crippen LogP contribution in [0.15, 0.2) is 18.2 Å². The molecule has 0 amide bonds. The van der Waals surface area contributed by atoms with Crippen molar-refractivity contribution in [1.29, 1.82) is 0 Å². The van der Waals surface area contributed by atoms with Crippen LogP contribution in [0, 0.1) is 0 Å². The molecule has 0 aromatic heterocycles. The van der Waals surface area contributed by atoms with E-state index in [2.05, 4.69) is 31.9 Å². The van der Waals surface area contributed by atoms with Gasteiger partial charge in [0.15, 0.2) is 11.5 Å². The summed E-state index contributed by atoms with van der Waals surface area (Å²) in [6.07, 6.45) is 0.755. The third kappa shape index (κ3) is 4.32. The highest BCUT2D eigenvalue weighted by Crippen LogP contribution is 2.33. The van der Waals surface area contributed by atoms with Crippen LogP contribution in [0.25, 0.3) is 0 Å². The predicted molar refractivity (Wildman–Crippen MR) is 74.5 cm³/mol. The summed E-state index contributed by atoms with van der Waals surface area (Å²) in [5, 5.41) is 0.823. The van der Waals surface area contributed by atoms with Crippen molar-refractivity contribution in [1.82, 2.24) is 0 Å². The van der Waals surface area contributed by atoms with E-state index >= 15 is 0 Å². The molecule has 0 N–H and O–H groups in total. The number of methoxy groups -OCH3 is 1. The van der Waals surface area contributed by atoms with E-state index in [9.17, 15) is 4.79 Å². The van der Waals surface area contributed by atoms with Crippen LogP contribution in [0.3, 0.4) is 0 Å². The fraction of sp³-hybridized carbons (Fsp3) is 0.417. The number of carbonyl (C=O) groups is 1. The number of para-hydroxylation sites is 1. The van der Waals surface area contributed by atoms with Crippen molar-refractivity contribution >= 4 is 37.8 Å². The molecule has 0 spiro atoms. The molecule has 0 radical (unpaired) electrons. The van der Waals surface area contributed by atoms with Gasteiger partial charge in [-0.2, -0.15) is 0 Å². The Morgan fingerprint density at radius 2 is 2.18 bits per heavy atom. The van der Waals surface area contributed by atoms with Gasteiger partial charge in [0.1, 0.15) is 0 Å². The standard InChI is InChI=1S/C12H14Br2O3/c1-8(15)17-12-9(6-10(14)7-13)4-3-5-11(12)16-2/h3-5,10H,6-7H2,1-2H3/t10-/m1/s1. The maximum Gasteiger partial charge on any atom is 0.308 e. The van der Waals surface area contributed by atoms with E-state index in [1.54, 1.807) is 13.2 Å². The number of alkyl halides is 2. The van der Waals surface area contributed by atoms with Crippen LogP contribution in [0.2, 0.25) is 0 Å². The Morgan fingerprint density at radius 1 is 1.47 bits per heavy atom. The highest BCUT2D eigenvalue weighted by molar-refractivity contribution is 9.12. The molecule has 5 heteroatoms. The van der Waals surface area contributed by atoms with Crippen molar-refractivity contribution in [3.8, 4) is 11.5 Å². The summed E-state index contributed by atoms with van der Waals surface area (Å²) in [6.45, 7) is 1.38. The first-order chi connectivity index (χ1) is 8.08. The zero-order chi connectivity index (χ0) is 12.8. The number of halogens is 2. The van der Waals surface area contributed by atoms with Gasteiger partial charge in [0.05, 0.1) is 7.11 Å². The lowest BCUT2D eigenvalue weighted by Crippen LogP contribution is -2.09. The van der Waals surface area contributed by atoms with Crippen molar-refractivity contribution in [3.63, 3.8) is 0 Å². The number of hydrogen-bond donors (Lipinski definition) is 0. The molecule has 0 bridgehead atoms. The second-order valence-electron chi connectivity index (χ2n) is 3.50. The molecule has 1 aromatic carbocycles. The van der Waals surface area contributed by atoms with Crippen LogP contribution in [0.5, 0.6) is 11.5 Å². The van der Waals surface area contributed by atoms with Crippen LogP contribution in [0.4, 0.5) is 0 Å². The molecule has 1 rings (SSSR count). The summed E-state index contributed by atoms with van der Waals surface area (Å²) < 4.78 is 10.4. The topological polar surface area (TPSA) is 35.5 Å². The van der Waals surface area contributed by atoms with Crippen molar-refractivity contribution in [2.45, 2.75) is 18.2 Å². The first-order valence-electron chi connectivity index (χ1n) is 5.12. The summed E-state index contributed by atoms with van der Waals surface area (Å²) >= 11 is 6.93. The zero-order valence-electron chi connectivity index (χ0n) is 9.70. The third-order valence-electron chi connectivity index (χ3n) is 2.13. The summed E-state index contributed by atoms with van der Waals surface area (Å²) in [4.78, 5) is 11.4. The average Bonchev–Trinajstić information content (AvgIpc) is 2.30. The summed E-state index contributed by atoms with van der Waals surface area (Å²) in [7, 11) is 1.56. The van der Waals surface area contributed by atoms with Gasteiger partial charge in [-0.25, -0.2) is 0 Å². The molecular weight excluding hydrogens is 352 g/mol. The number of hydrogen-bond acceptors (Lipinski definition) is 3. The number of benzene rings is 1. The number of esters is 1. The molecule has 1 aromatic rings. The van der Waals surface area contributed by atoms with Crippen molar-refractivity contribution in [3.05, 3.63) is 23.8 Å². The fourth-order valence-electron chi connectivity index (χ4n) is 1.44. The quantitative estimate of drug-likeness (QED) is 0.456. The minimum absolute atomic E-state index is 0.281. The summed E-state index contributed by atoms with van der Waals surface area (Å²) in [5.41, 5.74) is 0.945. The van der Waals surface area contributed by atoms with Crippen molar-refractivity contribution < 1.29 is 14.3 Å². The second-order valence-corrected chi connectivity index (χ2v) is 5.44. The van der Waals surface area contributed by atoms with Gasteiger partial charge in [-0.15, -0.1) is 0 Å². The molecule has 1 atom stereocenters. The Hall–Kier alpha value is -0.550. The van der Waals surface area contributed by atoms with Crippen LogP contribution in [0.1, 0.15) is 12.5 Å². The normalized spacial score (nSPS) is 12.0. The molecule has 0 aliphatic heterocycles. The SMILES string of the molecule is COc1cccc(C[C@@H](Br)CBr)c1OC(C)=O. The minimum Gasteiger partial charge on any atom is -0.493 e. The Bertz CT molecular complexity index is 393. The highest BCUT2D eigenvalue weighted by Gasteiger charge is 2.15.